The number of allylic oxidation sites excluding steroid dienone is 6. The Kier molecular flexibility index (Phi) is 7.59. The van der Waals surface area contributed by atoms with E-state index in [1.807, 2.05) is 19.9 Å². The zero-order chi connectivity index (χ0) is 26.0. The van der Waals surface area contributed by atoms with Crippen molar-refractivity contribution < 1.29 is 8.78 Å². The first-order valence-corrected chi connectivity index (χ1v) is 12.3. The lowest BCUT2D eigenvalue weighted by molar-refractivity contribution is 0.225. The second kappa shape index (κ2) is 10.7. The predicted molar refractivity (Wildman–Crippen MR) is 139 cm³/mol. The van der Waals surface area contributed by atoms with Gasteiger partial charge in [-0.25, -0.2) is 23.7 Å². The summed E-state index contributed by atoms with van der Waals surface area (Å²) in [5, 5.41) is 14.3. The molecule has 0 bridgehead atoms. The van der Waals surface area contributed by atoms with Crippen LogP contribution in [0.5, 0.6) is 0 Å². The molecule has 9 heteroatoms. The third-order valence-corrected chi connectivity index (χ3v) is 6.24. The maximum atomic E-state index is 14.8. The molecule has 0 atom stereocenters. The van der Waals surface area contributed by atoms with E-state index < -0.39 is 11.6 Å². The van der Waals surface area contributed by atoms with E-state index >= 15 is 0 Å². The van der Waals surface area contributed by atoms with E-state index in [9.17, 15) is 8.78 Å². The highest BCUT2D eigenvalue weighted by Crippen LogP contribution is 2.31. The average Bonchev–Trinajstić information content (AvgIpc) is 2.83. The second-order valence-electron chi connectivity index (χ2n) is 9.90. The van der Waals surface area contributed by atoms with Crippen molar-refractivity contribution in [2.24, 2.45) is 11.8 Å². The average molecular weight is 494 g/mol. The van der Waals surface area contributed by atoms with Gasteiger partial charge >= 0.3 is 0 Å². The van der Waals surface area contributed by atoms with E-state index in [0.717, 1.165) is 44.0 Å². The van der Waals surface area contributed by atoms with Crippen LogP contribution in [0.15, 0.2) is 47.6 Å². The van der Waals surface area contributed by atoms with Crippen LogP contribution in [0.3, 0.4) is 0 Å². The van der Waals surface area contributed by atoms with Gasteiger partial charge < -0.3 is 10.6 Å². The third-order valence-electron chi connectivity index (χ3n) is 6.24. The molecular formula is C27H33F2N7. The molecule has 0 spiro atoms. The first kappa shape index (κ1) is 25.6. The van der Waals surface area contributed by atoms with Gasteiger partial charge in [0.25, 0.3) is 0 Å². The molecule has 0 radical (unpaired) electrons. The molecule has 2 aromatic rings. The first-order chi connectivity index (χ1) is 17.2. The minimum atomic E-state index is -0.744. The van der Waals surface area contributed by atoms with Gasteiger partial charge in [0, 0.05) is 55.6 Å². The molecule has 0 saturated carbocycles. The van der Waals surface area contributed by atoms with Gasteiger partial charge in [-0.15, -0.1) is 0 Å². The van der Waals surface area contributed by atoms with Crippen LogP contribution in [0, 0.1) is 23.1 Å². The fraction of sp³-hybridized carbons (Fsp3) is 0.407. The molecule has 4 rings (SSSR count). The summed E-state index contributed by atoms with van der Waals surface area (Å²) in [6.45, 7) is 11.2. The molecule has 7 nitrogen and oxygen atoms in total. The van der Waals surface area contributed by atoms with Crippen molar-refractivity contribution in [1.82, 2.24) is 25.2 Å². The lowest BCUT2D eigenvalue weighted by Gasteiger charge is -2.29. The van der Waals surface area contributed by atoms with Crippen LogP contribution in [0.1, 0.15) is 44.6 Å². The minimum Gasteiger partial charge on any atom is -0.391 e. The topological polar surface area (TPSA) is 89.8 Å². The van der Waals surface area contributed by atoms with Gasteiger partial charge in [-0.2, -0.15) is 0 Å². The van der Waals surface area contributed by atoms with Crippen molar-refractivity contribution >= 4 is 23.1 Å². The van der Waals surface area contributed by atoms with Crippen molar-refractivity contribution in [2.75, 3.05) is 25.5 Å². The normalized spacial score (nSPS) is 17.6. The lowest BCUT2D eigenvalue weighted by Crippen LogP contribution is -2.33. The van der Waals surface area contributed by atoms with Crippen LogP contribution in [0.25, 0.3) is 5.57 Å². The lowest BCUT2D eigenvalue weighted by atomic mass is 9.92. The van der Waals surface area contributed by atoms with E-state index in [-0.39, 0.29) is 28.8 Å². The number of halogens is 2. The summed E-state index contributed by atoms with van der Waals surface area (Å²) in [5.41, 5.74) is 3.25. The van der Waals surface area contributed by atoms with E-state index in [4.69, 9.17) is 10.4 Å². The van der Waals surface area contributed by atoms with E-state index in [1.54, 1.807) is 13.1 Å². The fourth-order valence-corrected chi connectivity index (χ4v) is 4.65. The Morgan fingerprint density at radius 1 is 1.14 bits per heavy atom. The Labute approximate surface area is 211 Å². The minimum absolute atomic E-state index is 0.0220. The zero-order valence-corrected chi connectivity index (χ0v) is 21.4. The number of aromatic nitrogens is 3. The van der Waals surface area contributed by atoms with Gasteiger partial charge in [-0.05, 0) is 35.6 Å². The molecule has 3 heterocycles. The number of hydrogen-bond acceptors (Lipinski definition) is 7. The Morgan fingerprint density at radius 3 is 2.61 bits per heavy atom. The number of nitrogens with zero attached hydrogens (tertiary/aromatic N) is 4. The van der Waals surface area contributed by atoms with E-state index in [1.165, 1.54) is 5.56 Å². The van der Waals surface area contributed by atoms with Crippen LogP contribution >= 0.6 is 0 Å². The quantitative estimate of drug-likeness (QED) is 0.493. The standard InChI is InChI=1S/C27H33F2N7/c1-15(2)13-36-9-8-22-17(14-36)6-7-23(33-22)34-27-32-12-21(29)26(35-27)18-10-19(24(30)20(28)11-18)25(31-5)16(3)4/h6-7,10-12,15-16,30-31H,8-9,13-14H2,1-5H3,(H,32,33,34,35)/b25-19-,30-24?. The number of pyridine rings is 1. The molecular weight excluding hydrogens is 460 g/mol. The van der Waals surface area contributed by atoms with Gasteiger partial charge in [0.1, 0.15) is 17.3 Å². The number of nitrogens with one attached hydrogen (secondary N) is 3. The summed E-state index contributed by atoms with van der Waals surface area (Å²) in [7, 11) is 1.72. The molecule has 0 aromatic carbocycles. The smallest absolute Gasteiger partial charge is 0.229 e. The van der Waals surface area contributed by atoms with E-state index in [0.29, 0.717) is 23.0 Å². The monoisotopic (exact) mass is 493 g/mol. The number of fused-ring (bicyclic) bond motifs is 1. The van der Waals surface area contributed by atoms with Crippen molar-refractivity contribution in [3.8, 4) is 0 Å². The summed E-state index contributed by atoms with van der Waals surface area (Å²) in [6, 6.07) is 3.92. The molecule has 1 aliphatic carbocycles. The molecule has 36 heavy (non-hydrogen) atoms. The van der Waals surface area contributed by atoms with Crippen molar-refractivity contribution in [3.63, 3.8) is 0 Å². The van der Waals surface area contributed by atoms with Crippen molar-refractivity contribution in [1.29, 1.82) is 5.41 Å². The van der Waals surface area contributed by atoms with Crippen LogP contribution in [-0.4, -0.2) is 45.7 Å². The van der Waals surface area contributed by atoms with Gasteiger partial charge in [-0.3, -0.25) is 10.3 Å². The summed E-state index contributed by atoms with van der Waals surface area (Å²) < 4.78 is 29.5. The molecule has 0 saturated heterocycles. The molecule has 2 aliphatic rings. The van der Waals surface area contributed by atoms with Crippen molar-refractivity contribution in [3.05, 3.63) is 70.3 Å². The SMILES string of the molecule is CN/C(=C1/C=C(c2nc(Nc3ccc4c(n3)CCN(CC(C)C)C4)ncc2F)C=C(F)C1=N)C(C)C. The number of anilines is 2. The maximum absolute atomic E-state index is 14.8. The van der Waals surface area contributed by atoms with Gasteiger partial charge in [0.2, 0.25) is 5.95 Å². The van der Waals surface area contributed by atoms with Crippen LogP contribution in [0.4, 0.5) is 20.5 Å². The second-order valence-corrected chi connectivity index (χ2v) is 9.90. The third kappa shape index (κ3) is 5.51. The summed E-state index contributed by atoms with van der Waals surface area (Å²) in [6.07, 6.45) is 4.64. The van der Waals surface area contributed by atoms with Crippen LogP contribution in [0.2, 0.25) is 0 Å². The first-order valence-electron chi connectivity index (χ1n) is 12.3. The highest BCUT2D eigenvalue weighted by atomic mass is 19.1. The molecule has 0 fully saturated rings. The Hall–Kier alpha value is -3.46. The van der Waals surface area contributed by atoms with Gasteiger partial charge in [-0.1, -0.05) is 33.8 Å². The molecule has 3 N–H and O–H groups in total. The largest absolute Gasteiger partial charge is 0.391 e. The molecule has 0 unspecified atom stereocenters. The highest BCUT2D eigenvalue weighted by Gasteiger charge is 2.24. The summed E-state index contributed by atoms with van der Waals surface area (Å²) in [4.78, 5) is 15.6. The highest BCUT2D eigenvalue weighted by molar-refractivity contribution is 6.15. The van der Waals surface area contributed by atoms with Crippen LogP contribution < -0.4 is 10.6 Å². The summed E-state index contributed by atoms with van der Waals surface area (Å²) in [5.74, 6) is -0.0552. The molecule has 0 amide bonds. The maximum Gasteiger partial charge on any atom is 0.229 e. The fourth-order valence-electron chi connectivity index (χ4n) is 4.65. The van der Waals surface area contributed by atoms with Crippen molar-refractivity contribution in [2.45, 2.75) is 40.7 Å². The summed E-state index contributed by atoms with van der Waals surface area (Å²) >= 11 is 0. The molecule has 190 valence electrons. The van der Waals surface area contributed by atoms with E-state index in [2.05, 4.69) is 45.4 Å². The Morgan fingerprint density at radius 2 is 1.92 bits per heavy atom. The Bertz CT molecular complexity index is 1260. The number of rotatable bonds is 7. The van der Waals surface area contributed by atoms with Crippen LogP contribution in [-0.2, 0) is 13.0 Å². The molecule has 2 aromatic heterocycles. The Balaban J connectivity index is 1.61. The predicted octanol–water partition coefficient (Wildman–Crippen LogP) is 5.17. The number of hydrogen-bond donors (Lipinski definition) is 3. The van der Waals surface area contributed by atoms with Gasteiger partial charge in [0.15, 0.2) is 5.82 Å². The zero-order valence-electron chi connectivity index (χ0n) is 21.4. The van der Waals surface area contributed by atoms with Gasteiger partial charge in [0.05, 0.1) is 11.9 Å². The molecule has 1 aliphatic heterocycles.